The first-order valence-corrected chi connectivity index (χ1v) is 24.1. The first-order chi connectivity index (χ1) is 26.9. The van der Waals surface area contributed by atoms with Crippen molar-refractivity contribution in [3.05, 3.63) is 11.6 Å². The Balaban J connectivity index is 1.03. The molecule has 0 aromatic heterocycles. The fourth-order valence-corrected chi connectivity index (χ4v) is 12.7. The lowest BCUT2D eigenvalue weighted by Crippen LogP contribution is -2.60. The van der Waals surface area contributed by atoms with Crippen LogP contribution in [0.3, 0.4) is 0 Å². The molecular formula is C49H86O7. The minimum absolute atomic E-state index is 0.136. The van der Waals surface area contributed by atoms with Gasteiger partial charge in [0, 0.05) is 6.42 Å². The lowest BCUT2D eigenvalue weighted by molar-refractivity contribution is -0.313. The van der Waals surface area contributed by atoms with Crippen molar-refractivity contribution in [2.45, 2.75) is 239 Å². The second kappa shape index (κ2) is 22.0. The molecular weight excluding hydrogens is 701 g/mol. The molecule has 4 fully saturated rings. The average Bonchev–Trinajstić information content (AvgIpc) is 3.53. The number of hydrogen-bond donors (Lipinski definition) is 3. The van der Waals surface area contributed by atoms with Crippen molar-refractivity contribution in [3.63, 3.8) is 0 Å². The highest BCUT2D eigenvalue weighted by Gasteiger charge is 2.59. The van der Waals surface area contributed by atoms with Gasteiger partial charge in [-0.1, -0.05) is 150 Å². The Morgan fingerprint density at radius 2 is 1.45 bits per heavy atom. The molecule has 56 heavy (non-hydrogen) atoms. The summed E-state index contributed by atoms with van der Waals surface area (Å²) in [5.41, 5.74) is 2.15. The number of carbonyl (C=O) groups excluding carboxylic acids is 1. The number of fused-ring (bicyclic) bond motifs is 5. The molecule has 0 amide bonds. The summed E-state index contributed by atoms with van der Waals surface area (Å²) in [7, 11) is 0. The Morgan fingerprint density at radius 3 is 2.11 bits per heavy atom. The van der Waals surface area contributed by atoms with Crippen LogP contribution < -0.4 is 0 Å². The monoisotopic (exact) mass is 787 g/mol. The van der Waals surface area contributed by atoms with Crippen molar-refractivity contribution >= 4 is 5.97 Å². The van der Waals surface area contributed by atoms with E-state index in [1.165, 1.54) is 115 Å². The van der Waals surface area contributed by atoms with Crippen LogP contribution in [0.4, 0.5) is 0 Å². The van der Waals surface area contributed by atoms with E-state index < -0.39 is 30.7 Å². The van der Waals surface area contributed by atoms with Crippen LogP contribution in [0.1, 0.15) is 202 Å². The molecule has 5 rings (SSSR count). The average molecular weight is 787 g/mol. The molecule has 0 radical (unpaired) electrons. The molecule has 7 nitrogen and oxygen atoms in total. The van der Waals surface area contributed by atoms with E-state index in [0.29, 0.717) is 17.8 Å². The van der Waals surface area contributed by atoms with Gasteiger partial charge in [0.15, 0.2) is 6.29 Å². The normalized spacial score (nSPS) is 37.4. The number of allylic oxidation sites excluding steroid dienone is 1. The third-order valence-corrected chi connectivity index (χ3v) is 16.1. The highest BCUT2D eigenvalue weighted by molar-refractivity contribution is 5.69. The zero-order chi connectivity index (χ0) is 40.3. The lowest BCUT2D eigenvalue weighted by atomic mass is 9.47. The van der Waals surface area contributed by atoms with Gasteiger partial charge in [-0.2, -0.15) is 0 Å². The summed E-state index contributed by atoms with van der Waals surface area (Å²) in [5.74, 6) is 4.45. The van der Waals surface area contributed by atoms with E-state index in [9.17, 15) is 20.1 Å². The van der Waals surface area contributed by atoms with E-state index in [2.05, 4.69) is 47.6 Å². The largest absolute Gasteiger partial charge is 0.463 e. The van der Waals surface area contributed by atoms with Crippen LogP contribution in [0, 0.1) is 46.3 Å². The Labute approximate surface area is 342 Å². The number of hydrogen-bond acceptors (Lipinski definition) is 7. The summed E-state index contributed by atoms with van der Waals surface area (Å²) in [6, 6.07) is 0. The molecule has 324 valence electrons. The van der Waals surface area contributed by atoms with E-state index >= 15 is 0 Å². The Hall–Kier alpha value is -0.990. The number of esters is 1. The van der Waals surface area contributed by atoms with E-state index in [1.807, 2.05) is 0 Å². The zero-order valence-electron chi connectivity index (χ0n) is 36.9. The molecule has 0 aromatic rings. The van der Waals surface area contributed by atoms with E-state index in [4.69, 9.17) is 14.2 Å². The van der Waals surface area contributed by atoms with Crippen LogP contribution in [0.25, 0.3) is 0 Å². The minimum Gasteiger partial charge on any atom is -0.463 e. The van der Waals surface area contributed by atoms with Crippen LogP contribution >= 0.6 is 0 Å². The van der Waals surface area contributed by atoms with Crippen molar-refractivity contribution < 1.29 is 34.3 Å². The summed E-state index contributed by atoms with van der Waals surface area (Å²) in [6.45, 7) is 14.5. The summed E-state index contributed by atoms with van der Waals surface area (Å²) < 4.78 is 18.0. The zero-order valence-corrected chi connectivity index (χ0v) is 36.9. The number of ether oxygens (including phenoxy) is 3. The van der Waals surface area contributed by atoms with Crippen molar-refractivity contribution in [2.75, 3.05) is 6.61 Å². The van der Waals surface area contributed by atoms with E-state index in [1.54, 1.807) is 0 Å². The third kappa shape index (κ3) is 11.6. The van der Waals surface area contributed by atoms with Gasteiger partial charge in [-0.05, 0) is 104 Å². The number of aliphatic hydroxyl groups is 3. The maximum Gasteiger partial charge on any atom is 0.305 e. The summed E-state index contributed by atoms with van der Waals surface area (Å²) in [5, 5.41) is 32.4. The Bertz CT molecular complexity index is 1200. The lowest BCUT2D eigenvalue weighted by Gasteiger charge is -2.58. The second-order valence-corrected chi connectivity index (χ2v) is 20.5. The summed E-state index contributed by atoms with van der Waals surface area (Å²) in [4.78, 5) is 12.6. The highest BCUT2D eigenvalue weighted by atomic mass is 16.7. The van der Waals surface area contributed by atoms with Gasteiger partial charge in [0.1, 0.15) is 31.0 Å². The standard InChI is InChI=1S/C49H86O7/c1-7-8-9-10-11-12-13-14-15-16-17-18-19-23-43(50)54-33-42-44(51)45(52)46(53)47(56-42)55-37-28-30-48(5)36(32-37)24-25-38-40-27-26-39(35(4)22-20-21-34(2)3)49(40,6)31-29-41(38)48/h24,34-35,37-42,44-47,51-53H,7-23,25-33H2,1-6H3/t35-,37+,38+,39?,40+,41+,42-,44+,45+,46-,47-,48+,49-/m1/s1. The first kappa shape index (κ1) is 46.1. The number of carbonyl (C=O) groups is 1. The molecule has 0 bridgehead atoms. The Morgan fingerprint density at radius 1 is 0.786 bits per heavy atom. The molecule has 1 saturated heterocycles. The fourth-order valence-electron chi connectivity index (χ4n) is 12.7. The van der Waals surface area contributed by atoms with Crippen molar-refractivity contribution in [1.29, 1.82) is 0 Å². The molecule has 1 aliphatic heterocycles. The topological polar surface area (TPSA) is 105 Å². The molecule has 3 N–H and O–H groups in total. The molecule has 5 aliphatic rings. The fraction of sp³-hybridized carbons (Fsp3) is 0.939. The Kier molecular flexibility index (Phi) is 18.1. The molecule has 3 saturated carbocycles. The SMILES string of the molecule is CCCCCCCCCCCCCCCC(=O)OC[C@H]1O[C@@H](O[C@H]2CC[C@@]3(C)C(=CC[C@@H]4[C@@H]3CC[C@]3(C)C([C@H](C)CCCC(C)C)CC[C@@H]43)C2)[C@H](O)[C@@H](O)[C@H]1O. The molecule has 0 spiro atoms. The van der Waals surface area contributed by atoms with Gasteiger partial charge in [-0.25, -0.2) is 0 Å². The maximum atomic E-state index is 12.6. The van der Waals surface area contributed by atoms with Gasteiger partial charge in [0.2, 0.25) is 0 Å². The predicted molar refractivity (Wildman–Crippen MR) is 226 cm³/mol. The molecule has 13 atom stereocenters. The summed E-state index contributed by atoms with van der Waals surface area (Å²) >= 11 is 0. The first-order valence-electron chi connectivity index (χ1n) is 24.1. The van der Waals surface area contributed by atoms with Crippen LogP contribution in [0.15, 0.2) is 11.6 Å². The van der Waals surface area contributed by atoms with Crippen molar-refractivity contribution in [2.24, 2.45) is 46.3 Å². The minimum atomic E-state index is -1.44. The van der Waals surface area contributed by atoms with Gasteiger partial charge in [-0.3, -0.25) is 4.79 Å². The number of aliphatic hydroxyl groups excluding tert-OH is 3. The smallest absolute Gasteiger partial charge is 0.305 e. The van der Waals surface area contributed by atoms with Gasteiger partial charge in [0.25, 0.3) is 0 Å². The highest BCUT2D eigenvalue weighted by Crippen LogP contribution is 2.67. The van der Waals surface area contributed by atoms with Crippen LogP contribution in [-0.4, -0.2) is 64.7 Å². The van der Waals surface area contributed by atoms with Gasteiger partial charge in [0.05, 0.1) is 6.10 Å². The molecule has 1 heterocycles. The quantitative estimate of drug-likeness (QED) is 0.0538. The summed E-state index contributed by atoms with van der Waals surface area (Å²) in [6.07, 6.45) is 26.2. The van der Waals surface area contributed by atoms with Gasteiger partial charge < -0.3 is 29.5 Å². The molecule has 7 heteroatoms. The number of rotatable bonds is 23. The van der Waals surface area contributed by atoms with Crippen molar-refractivity contribution in [3.8, 4) is 0 Å². The third-order valence-electron chi connectivity index (χ3n) is 16.1. The van der Waals surface area contributed by atoms with Crippen LogP contribution in [-0.2, 0) is 19.0 Å². The van der Waals surface area contributed by atoms with E-state index in [-0.39, 0.29) is 24.1 Å². The van der Waals surface area contributed by atoms with Gasteiger partial charge in [-0.15, -0.1) is 0 Å². The van der Waals surface area contributed by atoms with Crippen LogP contribution in [0.2, 0.25) is 0 Å². The molecule has 4 aliphatic carbocycles. The maximum absolute atomic E-state index is 12.6. The van der Waals surface area contributed by atoms with Crippen LogP contribution in [0.5, 0.6) is 0 Å². The van der Waals surface area contributed by atoms with Gasteiger partial charge >= 0.3 is 5.97 Å². The second-order valence-electron chi connectivity index (χ2n) is 20.5. The van der Waals surface area contributed by atoms with E-state index in [0.717, 1.165) is 74.5 Å². The number of unbranched alkanes of at least 4 members (excludes halogenated alkanes) is 12. The molecule has 1 unspecified atom stereocenters. The van der Waals surface area contributed by atoms with Crippen molar-refractivity contribution in [1.82, 2.24) is 0 Å². The molecule has 0 aromatic carbocycles. The predicted octanol–water partition coefficient (Wildman–Crippen LogP) is 11.2.